The highest BCUT2D eigenvalue weighted by molar-refractivity contribution is 7.10. The van der Waals surface area contributed by atoms with Gasteiger partial charge in [0.2, 0.25) is 0 Å². The van der Waals surface area contributed by atoms with Crippen LogP contribution in [0.5, 0.6) is 0 Å². The van der Waals surface area contributed by atoms with Crippen molar-refractivity contribution in [1.82, 2.24) is 9.36 Å². The molecule has 0 radical (unpaired) electrons. The summed E-state index contributed by atoms with van der Waals surface area (Å²) in [7, 11) is 0. The van der Waals surface area contributed by atoms with Crippen molar-refractivity contribution < 1.29 is 0 Å². The Kier molecular flexibility index (Phi) is 4.23. The molecule has 2 aromatic rings. The van der Waals surface area contributed by atoms with Crippen molar-refractivity contribution in [1.29, 1.82) is 5.26 Å². The van der Waals surface area contributed by atoms with Gasteiger partial charge in [-0.25, -0.2) is 4.98 Å². The Labute approximate surface area is 132 Å². The molecular formula is C14H14ClN5S. The van der Waals surface area contributed by atoms with Crippen molar-refractivity contribution in [2.24, 2.45) is 0 Å². The number of rotatable bonds is 3. The molecule has 21 heavy (non-hydrogen) atoms. The lowest BCUT2D eigenvalue weighted by Gasteiger charge is -2.33. The zero-order valence-corrected chi connectivity index (χ0v) is 12.9. The van der Waals surface area contributed by atoms with Crippen LogP contribution in [0, 0.1) is 11.3 Å². The number of aromatic nitrogens is 2. The molecule has 0 spiro atoms. The highest BCUT2D eigenvalue weighted by atomic mass is 35.5. The highest BCUT2D eigenvalue weighted by Gasteiger charge is 2.22. The maximum Gasteiger partial charge on any atom is 0.162 e. The molecule has 0 saturated carbocycles. The zero-order valence-electron chi connectivity index (χ0n) is 11.3. The van der Waals surface area contributed by atoms with Crippen molar-refractivity contribution in [3.8, 4) is 6.07 Å². The summed E-state index contributed by atoms with van der Waals surface area (Å²) in [6.07, 6.45) is 3.81. The minimum absolute atomic E-state index is 0.288. The molecular weight excluding hydrogens is 306 g/mol. The molecule has 0 bridgehead atoms. The van der Waals surface area contributed by atoms with Crippen molar-refractivity contribution in [2.75, 3.05) is 23.3 Å². The molecule has 5 nitrogen and oxygen atoms in total. The quantitative estimate of drug-likeness (QED) is 0.941. The normalized spacial score (nSPS) is 15.7. The van der Waals surface area contributed by atoms with Gasteiger partial charge < -0.3 is 10.2 Å². The first-order valence-corrected chi connectivity index (χ1v) is 7.91. The van der Waals surface area contributed by atoms with Gasteiger partial charge in [0.25, 0.3) is 0 Å². The van der Waals surface area contributed by atoms with E-state index in [1.807, 2.05) is 24.4 Å². The molecule has 2 aromatic heterocycles. The molecule has 1 aliphatic heterocycles. The number of nitrogens with one attached hydrogen (secondary N) is 1. The van der Waals surface area contributed by atoms with Gasteiger partial charge in [0.1, 0.15) is 22.5 Å². The number of halogens is 1. The van der Waals surface area contributed by atoms with E-state index in [1.54, 1.807) is 0 Å². The third kappa shape index (κ3) is 3.09. The maximum atomic E-state index is 9.08. The van der Waals surface area contributed by atoms with E-state index >= 15 is 0 Å². The summed E-state index contributed by atoms with van der Waals surface area (Å²) in [6.45, 7) is 1.90. The van der Waals surface area contributed by atoms with E-state index in [2.05, 4.69) is 25.6 Å². The van der Waals surface area contributed by atoms with E-state index in [0.717, 1.165) is 36.8 Å². The van der Waals surface area contributed by atoms with E-state index in [1.165, 1.54) is 11.5 Å². The first kappa shape index (κ1) is 14.1. The second kappa shape index (κ2) is 6.29. The lowest BCUT2D eigenvalue weighted by molar-refractivity contribution is 0.524. The first-order chi connectivity index (χ1) is 10.3. The van der Waals surface area contributed by atoms with E-state index in [0.29, 0.717) is 11.6 Å². The van der Waals surface area contributed by atoms with Crippen LogP contribution in [0.25, 0.3) is 0 Å². The van der Waals surface area contributed by atoms with Crippen molar-refractivity contribution in [2.45, 2.75) is 18.9 Å². The van der Waals surface area contributed by atoms with Crippen LogP contribution < -0.4 is 10.2 Å². The molecule has 3 heterocycles. The summed E-state index contributed by atoms with van der Waals surface area (Å²) < 4.78 is 4.02. The van der Waals surface area contributed by atoms with Crippen LogP contribution >= 0.6 is 23.1 Å². The van der Waals surface area contributed by atoms with Crippen LogP contribution in [0.2, 0.25) is 5.15 Å². The standard InChI is InChI=1S/C14H14ClN5S/c15-13-11(9-16)14(21-19-13)18-10-4-7-20(8-5-10)12-3-1-2-6-17-12/h1-3,6,10,18H,4-5,7-8H2. The number of hydrogen-bond acceptors (Lipinski definition) is 6. The van der Waals surface area contributed by atoms with E-state index in [-0.39, 0.29) is 5.15 Å². The van der Waals surface area contributed by atoms with Crippen LogP contribution in [0.15, 0.2) is 24.4 Å². The summed E-state index contributed by atoms with van der Waals surface area (Å²) >= 11 is 7.14. The van der Waals surface area contributed by atoms with Gasteiger partial charge in [0.05, 0.1) is 0 Å². The Morgan fingerprint density at radius 1 is 1.38 bits per heavy atom. The Bertz CT molecular complexity index is 643. The lowest BCUT2D eigenvalue weighted by atomic mass is 10.1. The average Bonchev–Trinajstić information content (AvgIpc) is 2.89. The number of pyridine rings is 1. The molecule has 1 aliphatic rings. The fourth-order valence-electron chi connectivity index (χ4n) is 2.45. The Hall–Kier alpha value is -1.84. The van der Waals surface area contributed by atoms with E-state index < -0.39 is 0 Å². The molecule has 0 amide bonds. The molecule has 0 unspecified atom stereocenters. The van der Waals surface area contributed by atoms with Gasteiger partial charge >= 0.3 is 0 Å². The second-order valence-electron chi connectivity index (χ2n) is 4.88. The maximum absolute atomic E-state index is 9.08. The number of piperidine rings is 1. The lowest BCUT2D eigenvalue weighted by Crippen LogP contribution is -2.39. The van der Waals surface area contributed by atoms with Gasteiger partial charge in [-0.2, -0.15) is 9.64 Å². The van der Waals surface area contributed by atoms with Crippen LogP contribution in [-0.2, 0) is 0 Å². The molecule has 1 N–H and O–H groups in total. The fraction of sp³-hybridized carbons (Fsp3) is 0.357. The summed E-state index contributed by atoms with van der Waals surface area (Å²) in [6, 6.07) is 8.41. The molecule has 108 valence electrons. The monoisotopic (exact) mass is 319 g/mol. The van der Waals surface area contributed by atoms with Crippen LogP contribution in [0.4, 0.5) is 10.8 Å². The van der Waals surface area contributed by atoms with E-state index in [4.69, 9.17) is 16.9 Å². The molecule has 1 fully saturated rings. The van der Waals surface area contributed by atoms with Crippen LogP contribution in [-0.4, -0.2) is 28.5 Å². The topological polar surface area (TPSA) is 64.8 Å². The fourth-order valence-corrected chi connectivity index (χ4v) is 3.46. The largest absolute Gasteiger partial charge is 0.372 e. The van der Waals surface area contributed by atoms with Gasteiger partial charge in [0, 0.05) is 25.3 Å². The third-order valence-corrected chi connectivity index (χ3v) is 4.72. The van der Waals surface area contributed by atoms with Crippen LogP contribution in [0.3, 0.4) is 0 Å². The first-order valence-electron chi connectivity index (χ1n) is 6.75. The van der Waals surface area contributed by atoms with Gasteiger partial charge in [-0.3, -0.25) is 0 Å². The van der Waals surface area contributed by atoms with Crippen molar-refractivity contribution >= 4 is 34.0 Å². The van der Waals surface area contributed by atoms with Crippen LogP contribution in [0.1, 0.15) is 18.4 Å². The molecule has 1 saturated heterocycles. The SMILES string of the molecule is N#Cc1c(Cl)nsc1NC1CCN(c2ccccn2)CC1. The zero-order chi connectivity index (χ0) is 14.7. The van der Waals surface area contributed by atoms with Gasteiger partial charge in [-0.1, -0.05) is 17.7 Å². The number of nitriles is 1. The molecule has 0 aromatic carbocycles. The van der Waals surface area contributed by atoms with Gasteiger partial charge in [-0.05, 0) is 36.5 Å². The number of hydrogen-bond donors (Lipinski definition) is 1. The minimum atomic E-state index is 0.288. The molecule has 0 atom stereocenters. The number of anilines is 2. The third-order valence-electron chi connectivity index (χ3n) is 3.57. The molecule has 0 aliphatic carbocycles. The Morgan fingerprint density at radius 3 is 2.86 bits per heavy atom. The second-order valence-corrected chi connectivity index (χ2v) is 6.01. The predicted octanol–water partition coefficient (Wildman–Crippen LogP) is 3.14. The minimum Gasteiger partial charge on any atom is -0.372 e. The highest BCUT2D eigenvalue weighted by Crippen LogP contribution is 2.29. The van der Waals surface area contributed by atoms with Gasteiger partial charge in [-0.15, -0.1) is 0 Å². The summed E-state index contributed by atoms with van der Waals surface area (Å²) in [4.78, 5) is 6.66. The van der Waals surface area contributed by atoms with Gasteiger partial charge in [0.15, 0.2) is 5.15 Å². The smallest absolute Gasteiger partial charge is 0.162 e. The molecule has 3 rings (SSSR count). The van der Waals surface area contributed by atoms with Crippen molar-refractivity contribution in [3.05, 3.63) is 35.1 Å². The summed E-state index contributed by atoms with van der Waals surface area (Å²) in [5, 5.41) is 13.5. The summed E-state index contributed by atoms with van der Waals surface area (Å²) in [5.41, 5.74) is 0.453. The average molecular weight is 320 g/mol. The molecule has 7 heteroatoms. The van der Waals surface area contributed by atoms with E-state index in [9.17, 15) is 0 Å². The predicted molar refractivity (Wildman–Crippen MR) is 84.9 cm³/mol. The number of nitrogens with zero attached hydrogens (tertiary/aromatic N) is 4. The Morgan fingerprint density at radius 2 is 2.19 bits per heavy atom. The Balaban J connectivity index is 1.60. The van der Waals surface area contributed by atoms with Crippen molar-refractivity contribution in [3.63, 3.8) is 0 Å². The summed E-state index contributed by atoms with van der Waals surface area (Å²) in [5.74, 6) is 1.02.